The standard InChI is InChI=1S/C15H20N2O3/c1-4-15(11-6-8-12(18)9-7-11)13(19)16(3)10-17(5-2)14(15)20/h6-9,18H,4-5,10H2,1-3H3. The minimum Gasteiger partial charge on any atom is -0.508 e. The van der Waals surface area contributed by atoms with Crippen LogP contribution in [0, 0.1) is 0 Å². The highest BCUT2D eigenvalue weighted by Crippen LogP contribution is 2.36. The summed E-state index contributed by atoms with van der Waals surface area (Å²) in [5.74, 6) is -0.215. The second-order valence-corrected chi connectivity index (χ2v) is 5.11. The number of carbonyl (C=O) groups excluding carboxylic acids is 2. The molecule has 2 rings (SSSR count). The fourth-order valence-corrected chi connectivity index (χ4v) is 2.81. The molecule has 1 heterocycles. The quantitative estimate of drug-likeness (QED) is 0.847. The molecule has 1 aromatic rings. The maximum atomic E-state index is 12.8. The molecular weight excluding hydrogens is 256 g/mol. The summed E-state index contributed by atoms with van der Waals surface area (Å²) in [6, 6.07) is 6.33. The maximum Gasteiger partial charge on any atom is 0.244 e. The fraction of sp³-hybridized carbons (Fsp3) is 0.467. The number of benzene rings is 1. The van der Waals surface area contributed by atoms with Crippen LogP contribution < -0.4 is 0 Å². The van der Waals surface area contributed by atoms with E-state index in [1.807, 2.05) is 13.8 Å². The van der Waals surface area contributed by atoms with Crippen molar-refractivity contribution >= 4 is 11.8 Å². The van der Waals surface area contributed by atoms with Crippen molar-refractivity contribution in [3.05, 3.63) is 29.8 Å². The van der Waals surface area contributed by atoms with Gasteiger partial charge in [-0.25, -0.2) is 0 Å². The first-order chi connectivity index (χ1) is 9.47. The molecule has 0 aromatic heterocycles. The highest BCUT2D eigenvalue weighted by molar-refractivity contribution is 6.12. The van der Waals surface area contributed by atoms with E-state index in [4.69, 9.17) is 0 Å². The highest BCUT2D eigenvalue weighted by Gasteiger charge is 2.52. The van der Waals surface area contributed by atoms with Gasteiger partial charge in [0.25, 0.3) is 0 Å². The molecule has 1 unspecified atom stereocenters. The number of carbonyl (C=O) groups is 2. The second-order valence-electron chi connectivity index (χ2n) is 5.11. The zero-order chi connectivity index (χ0) is 14.9. The summed E-state index contributed by atoms with van der Waals surface area (Å²) in [5, 5.41) is 9.40. The van der Waals surface area contributed by atoms with Crippen LogP contribution in [0.25, 0.3) is 0 Å². The number of nitrogens with zero attached hydrogens (tertiary/aromatic N) is 2. The molecule has 20 heavy (non-hydrogen) atoms. The summed E-state index contributed by atoms with van der Waals surface area (Å²) in [4.78, 5) is 28.7. The largest absolute Gasteiger partial charge is 0.508 e. The van der Waals surface area contributed by atoms with Crippen molar-refractivity contribution in [2.24, 2.45) is 0 Å². The van der Waals surface area contributed by atoms with Crippen molar-refractivity contribution in [2.45, 2.75) is 25.7 Å². The lowest BCUT2D eigenvalue weighted by molar-refractivity contribution is -0.160. The van der Waals surface area contributed by atoms with Gasteiger partial charge < -0.3 is 14.9 Å². The van der Waals surface area contributed by atoms with E-state index in [0.29, 0.717) is 25.2 Å². The lowest BCUT2D eigenvalue weighted by Gasteiger charge is -2.44. The monoisotopic (exact) mass is 276 g/mol. The minimum atomic E-state index is -1.17. The van der Waals surface area contributed by atoms with Gasteiger partial charge in [0.2, 0.25) is 11.8 Å². The number of likely N-dealkylation sites (N-methyl/N-ethyl adjacent to an activating group) is 2. The molecule has 0 radical (unpaired) electrons. The van der Waals surface area contributed by atoms with Crippen molar-refractivity contribution < 1.29 is 14.7 Å². The van der Waals surface area contributed by atoms with Gasteiger partial charge >= 0.3 is 0 Å². The Hall–Kier alpha value is -2.04. The predicted octanol–water partition coefficient (Wildman–Crippen LogP) is 1.32. The normalized spacial score (nSPS) is 23.4. The molecule has 1 fully saturated rings. The maximum absolute atomic E-state index is 12.8. The lowest BCUT2D eigenvalue weighted by atomic mass is 9.74. The van der Waals surface area contributed by atoms with Crippen LogP contribution in [0.3, 0.4) is 0 Å². The van der Waals surface area contributed by atoms with Gasteiger partial charge in [-0.3, -0.25) is 9.59 Å². The fourth-order valence-electron chi connectivity index (χ4n) is 2.81. The average Bonchev–Trinajstić information content (AvgIpc) is 2.45. The van der Waals surface area contributed by atoms with E-state index in [1.165, 1.54) is 12.1 Å². The van der Waals surface area contributed by atoms with Gasteiger partial charge in [-0.2, -0.15) is 0 Å². The SMILES string of the molecule is CCN1CN(C)C(=O)C(CC)(c2ccc(O)cc2)C1=O. The zero-order valence-corrected chi connectivity index (χ0v) is 12.1. The summed E-state index contributed by atoms with van der Waals surface area (Å²) < 4.78 is 0. The molecule has 1 N–H and O–H groups in total. The molecular formula is C15H20N2O3. The number of phenolic OH excluding ortho intramolecular Hbond substituents is 1. The van der Waals surface area contributed by atoms with E-state index >= 15 is 0 Å². The van der Waals surface area contributed by atoms with E-state index in [0.717, 1.165) is 0 Å². The van der Waals surface area contributed by atoms with Gasteiger partial charge in [0.15, 0.2) is 5.41 Å². The summed E-state index contributed by atoms with van der Waals surface area (Å²) in [5.41, 5.74) is -0.533. The smallest absolute Gasteiger partial charge is 0.244 e. The van der Waals surface area contributed by atoms with Crippen LogP contribution in [-0.2, 0) is 15.0 Å². The third-order valence-electron chi connectivity index (χ3n) is 4.02. The number of hydrogen-bond donors (Lipinski definition) is 1. The number of hydrogen-bond acceptors (Lipinski definition) is 3. The number of phenols is 1. The molecule has 2 amide bonds. The molecule has 1 aliphatic heterocycles. The van der Waals surface area contributed by atoms with E-state index in [9.17, 15) is 14.7 Å². The van der Waals surface area contributed by atoms with Crippen LogP contribution in [0.2, 0.25) is 0 Å². The van der Waals surface area contributed by atoms with E-state index in [-0.39, 0.29) is 17.6 Å². The Morgan fingerprint density at radius 1 is 1.15 bits per heavy atom. The van der Waals surface area contributed by atoms with Gasteiger partial charge in [-0.05, 0) is 31.0 Å². The van der Waals surface area contributed by atoms with E-state index in [1.54, 1.807) is 29.0 Å². The number of amides is 2. The molecule has 1 aromatic carbocycles. The summed E-state index contributed by atoms with van der Waals surface area (Å²) in [7, 11) is 1.71. The van der Waals surface area contributed by atoms with Crippen molar-refractivity contribution in [1.82, 2.24) is 9.80 Å². The van der Waals surface area contributed by atoms with Crippen molar-refractivity contribution in [1.29, 1.82) is 0 Å². The van der Waals surface area contributed by atoms with Gasteiger partial charge in [0.1, 0.15) is 5.75 Å². The summed E-state index contributed by atoms with van der Waals surface area (Å²) in [6.07, 6.45) is 0.399. The Morgan fingerprint density at radius 3 is 2.25 bits per heavy atom. The number of aromatic hydroxyl groups is 1. The van der Waals surface area contributed by atoms with Crippen molar-refractivity contribution in [3.63, 3.8) is 0 Å². The van der Waals surface area contributed by atoms with Gasteiger partial charge in [0.05, 0.1) is 6.67 Å². The Bertz CT molecular complexity index is 526. The third-order valence-corrected chi connectivity index (χ3v) is 4.02. The predicted molar refractivity (Wildman–Crippen MR) is 75.1 cm³/mol. The Balaban J connectivity index is 2.57. The third kappa shape index (κ3) is 1.94. The molecule has 5 nitrogen and oxygen atoms in total. The van der Waals surface area contributed by atoms with Crippen molar-refractivity contribution in [2.75, 3.05) is 20.3 Å². The minimum absolute atomic E-state index is 0.122. The van der Waals surface area contributed by atoms with Gasteiger partial charge in [-0.1, -0.05) is 19.1 Å². The Morgan fingerprint density at radius 2 is 1.75 bits per heavy atom. The van der Waals surface area contributed by atoms with Gasteiger partial charge in [-0.15, -0.1) is 0 Å². The van der Waals surface area contributed by atoms with Crippen LogP contribution in [0.1, 0.15) is 25.8 Å². The molecule has 1 atom stereocenters. The molecule has 108 valence electrons. The summed E-state index contributed by atoms with van der Waals surface area (Å²) in [6.45, 7) is 4.64. The molecule has 0 aliphatic carbocycles. The Kier molecular flexibility index (Phi) is 3.70. The first-order valence-electron chi connectivity index (χ1n) is 6.81. The number of rotatable bonds is 3. The van der Waals surface area contributed by atoms with Crippen LogP contribution in [-0.4, -0.2) is 47.0 Å². The zero-order valence-electron chi connectivity index (χ0n) is 12.1. The van der Waals surface area contributed by atoms with E-state index < -0.39 is 5.41 Å². The summed E-state index contributed by atoms with van der Waals surface area (Å²) >= 11 is 0. The lowest BCUT2D eigenvalue weighted by Crippen LogP contribution is -2.63. The van der Waals surface area contributed by atoms with Crippen LogP contribution in [0.15, 0.2) is 24.3 Å². The van der Waals surface area contributed by atoms with Crippen LogP contribution in [0.5, 0.6) is 5.75 Å². The first-order valence-corrected chi connectivity index (χ1v) is 6.81. The molecule has 1 aliphatic rings. The Labute approximate surface area is 118 Å². The van der Waals surface area contributed by atoms with Crippen molar-refractivity contribution in [3.8, 4) is 5.75 Å². The topological polar surface area (TPSA) is 60.9 Å². The highest BCUT2D eigenvalue weighted by atomic mass is 16.3. The second kappa shape index (κ2) is 5.15. The average molecular weight is 276 g/mol. The first kappa shape index (κ1) is 14.4. The van der Waals surface area contributed by atoms with E-state index in [2.05, 4.69) is 0 Å². The van der Waals surface area contributed by atoms with Crippen LogP contribution >= 0.6 is 0 Å². The molecule has 0 bridgehead atoms. The molecule has 1 saturated heterocycles. The molecule has 0 saturated carbocycles. The molecule has 0 spiro atoms. The molecule has 5 heteroatoms. The van der Waals surface area contributed by atoms with Crippen LogP contribution in [0.4, 0.5) is 0 Å². The van der Waals surface area contributed by atoms with Gasteiger partial charge in [0, 0.05) is 13.6 Å².